The number of halogens is 1. The van der Waals surface area contributed by atoms with E-state index < -0.39 is 5.97 Å². The van der Waals surface area contributed by atoms with Gasteiger partial charge in [-0.15, -0.1) is 11.3 Å². The molecule has 1 aromatic heterocycles. The molecule has 8 heteroatoms. The lowest BCUT2D eigenvalue weighted by atomic mass is 10.1. The van der Waals surface area contributed by atoms with Crippen molar-refractivity contribution >= 4 is 39.8 Å². The molecular weight excluding hydrogens is 412 g/mol. The van der Waals surface area contributed by atoms with Crippen molar-refractivity contribution < 1.29 is 19.1 Å². The summed E-state index contributed by atoms with van der Waals surface area (Å²) in [6.45, 7) is 7.45. The van der Waals surface area contributed by atoms with Gasteiger partial charge in [0.2, 0.25) is 5.91 Å². The molecule has 0 atom stereocenters. The molecule has 1 aromatic carbocycles. The van der Waals surface area contributed by atoms with Gasteiger partial charge in [-0.3, -0.25) is 4.79 Å². The highest BCUT2D eigenvalue weighted by Gasteiger charge is 2.23. The van der Waals surface area contributed by atoms with E-state index in [2.05, 4.69) is 5.32 Å². The molecule has 0 spiro atoms. The van der Waals surface area contributed by atoms with Crippen LogP contribution in [0.1, 0.15) is 53.1 Å². The maximum Gasteiger partial charge on any atom is 0.348 e. The number of nitrogens with zero attached hydrogens (tertiary/aromatic N) is 1. The Morgan fingerprint density at radius 3 is 2.66 bits per heavy atom. The van der Waals surface area contributed by atoms with E-state index in [1.165, 1.54) is 0 Å². The molecule has 0 fully saturated rings. The number of thiophene rings is 1. The van der Waals surface area contributed by atoms with Crippen LogP contribution in [-0.4, -0.2) is 24.6 Å². The van der Waals surface area contributed by atoms with Gasteiger partial charge in [-0.25, -0.2) is 4.79 Å². The van der Waals surface area contributed by atoms with Gasteiger partial charge in [0.05, 0.1) is 18.3 Å². The van der Waals surface area contributed by atoms with E-state index in [0.29, 0.717) is 33.5 Å². The molecule has 0 bridgehead atoms. The molecule has 0 saturated carbocycles. The van der Waals surface area contributed by atoms with Crippen molar-refractivity contribution in [3.63, 3.8) is 0 Å². The first kappa shape index (κ1) is 22.7. The fourth-order valence-corrected chi connectivity index (χ4v) is 3.86. The van der Waals surface area contributed by atoms with E-state index in [0.717, 1.165) is 22.6 Å². The van der Waals surface area contributed by atoms with Crippen LogP contribution in [0.2, 0.25) is 5.02 Å². The number of aryl methyl sites for hydroxylation is 1. The average Bonchev–Trinajstić information content (AvgIpc) is 2.95. The molecule has 29 heavy (non-hydrogen) atoms. The van der Waals surface area contributed by atoms with Gasteiger partial charge < -0.3 is 14.8 Å². The van der Waals surface area contributed by atoms with Gasteiger partial charge in [0.25, 0.3) is 0 Å². The van der Waals surface area contributed by atoms with Gasteiger partial charge in [0, 0.05) is 11.4 Å². The lowest BCUT2D eigenvalue weighted by molar-refractivity contribution is -0.116. The van der Waals surface area contributed by atoms with Crippen LogP contribution in [-0.2, 0) is 9.53 Å². The Morgan fingerprint density at radius 2 is 2.03 bits per heavy atom. The van der Waals surface area contributed by atoms with Crippen molar-refractivity contribution in [2.75, 3.05) is 11.9 Å². The van der Waals surface area contributed by atoms with Crippen molar-refractivity contribution in [2.45, 2.75) is 46.6 Å². The third-order valence-corrected chi connectivity index (χ3v) is 5.40. The summed E-state index contributed by atoms with van der Waals surface area (Å²) in [5.41, 5.74) is 1.72. The Hall–Kier alpha value is -2.56. The van der Waals surface area contributed by atoms with Gasteiger partial charge in [-0.1, -0.05) is 11.6 Å². The van der Waals surface area contributed by atoms with Crippen molar-refractivity contribution in [3.8, 4) is 11.8 Å². The van der Waals surface area contributed by atoms with Gasteiger partial charge in [0.1, 0.15) is 21.7 Å². The minimum Gasteiger partial charge on any atom is -0.493 e. The fraction of sp³-hybridized carbons (Fsp3) is 0.381. The number of nitrogens with one attached hydrogen (secondary N) is 1. The molecule has 154 valence electrons. The van der Waals surface area contributed by atoms with E-state index in [4.69, 9.17) is 21.1 Å². The highest BCUT2D eigenvalue weighted by atomic mass is 35.5. The molecule has 1 N–H and O–H groups in total. The predicted molar refractivity (Wildman–Crippen MR) is 114 cm³/mol. The van der Waals surface area contributed by atoms with E-state index in [9.17, 15) is 14.9 Å². The van der Waals surface area contributed by atoms with Gasteiger partial charge >= 0.3 is 5.97 Å². The lowest BCUT2D eigenvalue weighted by Crippen LogP contribution is -2.12. The van der Waals surface area contributed by atoms with E-state index in [1.807, 2.05) is 19.1 Å². The monoisotopic (exact) mass is 434 g/mol. The maximum absolute atomic E-state index is 12.3. The van der Waals surface area contributed by atoms with Crippen molar-refractivity contribution in [1.82, 2.24) is 0 Å². The minimum absolute atomic E-state index is 0.222. The molecule has 0 aliphatic rings. The van der Waals surface area contributed by atoms with Crippen molar-refractivity contribution in [1.29, 1.82) is 5.26 Å². The Balaban J connectivity index is 1.93. The Bertz CT molecular complexity index is 947. The molecule has 0 saturated heterocycles. The highest BCUT2D eigenvalue weighted by molar-refractivity contribution is 7.18. The predicted octanol–water partition coefficient (Wildman–Crippen LogP) is 5.25. The summed E-state index contributed by atoms with van der Waals surface area (Å²) in [4.78, 5) is 24.8. The summed E-state index contributed by atoms with van der Waals surface area (Å²) >= 11 is 6.97. The second-order valence-corrected chi connectivity index (χ2v) is 8.19. The first-order valence-electron chi connectivity index (χ1n) is 9.16. The Morgan fingerprint density at radius 1 is 1.31 bits per heavy atom. The topological polar surface area (TPSA) is 88.4 Å². The third-order valence-electron chi connectivity index (χ3n) is 3.98. The van der Waals surface area contributed by atoms with Crippen LogP contribution in [0.3, 0.4) is 0 Å². The SMILES string of the molecule is Cc1cc(Cl)ccc1OCCCC(=O)Nc1sc(C(=O)OC(C)C)c(C)c1C#N. The van der Waals surface area contributed by atoms with Crippen LogP contribution >= 0.6 is 22.9 Å². The molecule has 0 aliphatic heterocycles. The van der Waals surface area contributed by atoms with Crippen LogP contribution in [0.5, 0.6) is 5.75 Å². The largest absolute Gasteiger partial charge is 0.493 e. The number of amides is 1. The first-order chi connectivity index (χ1) is 13.7. The quantitative estimate of drug-likeness (QED) is 0.452. The van der Waals surface area contributed by atoms with E-state index >= 15 is 0 Å². The number of carbonyl (C=O) groups is 2. The zero-order chi connectivity index (χ0) is 21.6. The minimum atomic E-state index is -0.494. The van der Waals surface area contributed by atoms with Gasteiger partial charge in [-0.05, 0) is 63.4 Å². The number of carbonyl (C=O) groups excluding carboxylic acids is 2. The molecule has 6 nitrogen and oxygen atoms in total. The summed E-state index contributed by atoms with van der Waals surface area (Å²) in [5.74, 6) is -0.0158. The number of hydrogen-bond acceptors (Lipinski definition) is 6. The Kier molecular flexibility index (Phi) is 8.06. The van der Waals surface area contributed by atoms with Crippen molar-refractivity contribution in [2.24, 2.45) is 0 Å². The summed E-state index contributed by atoms with van der Waals surface area (Å²) < 4.78 is 10.9. The fourth-order valence-electron chi connectivity index (χ4n) is 2.58. The standard InChI is InChI=1S/C21H23ClN2O4S/c1-12(2)28-21(26)19-14(4)16(11-23)20(29-19)24-18(25)6-5-9-27-17-8-7-15(22)10-13(17)3/h7-8,10,12H,5-6,9H2,1-4H3,(H,24,25). The zero-order valence-electron chi connectivity index (χ0n) is 16.8. The maximum atomic E-state index is 12.3. The van der Waals surface area contributed by atoms with E-state index in [-0.39, 0.29) is 24.0 Å². The molecule has 0 radical (unpaired) electrons. The number of anilines is 1. The normalized spacial score (nSPS) is 10.5. The number of nitriles is 1. The third kappa shape index (κ3) is 6.21. The van der Waals surface area contributed by atoms with E-state index in [1.54, 1.807) is 32.9 Å². The average molecular weight is 435 g/mol. The van der Waals surface area contributed by atoms with Crippen molar-refractivity contribution in [3.05, 3.63) is 44.8 Å². The smallest absolute Gasteiger partial charge is 0.348 e. The van der Waals surface area contributed by atoms with Crippen LogP contribution < -0.4 is 10.1 Å². The Labute approximate surface area is 179 Å². The molecular formula is C21H23ClN2O4S. The summed E-state index contributed by atoms with van der Waals surface area (Å²) in [5, 5.41) is 13.1. The summed E-state index contributed by atoms with van der Waals surface area (Å²) in [6, 6.07) is 7.41. The van der Waals surface area contributed by atoms with Gasteiger partial charge in [0.15, 0.2) is 0 Å². The lowest BCUT2D eigenvalue weighted by Gasteiger charge is -2.09. The number of rotatable bonds is 8. The zero-order valence-corrected chi connectivity index (χ0v) is 18.4. The summed E-state index contributed by atoms with van der Waals surface area (Å²) in [6.07, 6.45) is 0.458. The second-order valence-electron chi connectivity index (χ2n) is 6.74. The molecule has 0 aliphatic carbocycles. The number of ether oxygens (including phenoxy) is 2. The number of benzene rings is 1. The number of hydrogen-bond donors (Lipinski definition) is 1. The van der Waals surface area contributed by atoms with Crippen LogP contribution in [0, 0.1) is 25.2 Å². The van der Waals surface area contributed by atoms with Crippen LogP contribution in [0.4, 0.5) is 5.00 Å². The van der Waals surface area contributed by atoms with Gasteiger partial charge in [-0.2, -0.15) is 5.26 Å². The number of esters is 1. The molecule has 1 amide bonds. The molecule has 2 aromatic rings. The molecule has 2 rings (SSSR count). The molecule has 0 unspecified atom stereocenters. The van der Waals surface area contributed by atoms with Crippen LogP contribution in [0.15, 0.2) is 18.2 Å². The second kappa shape index (κ2) is 10.3. The first-order valence-corrected chi connectivity index (χ1v) is 10.4. The highest BCUT2D eigenvalue weighted by Crippen LogP contribution is 2.33. The van der Waals surface area contributed by atoms with Crippen LogP contribution in [0.25, 0.3) is 0 Å². The molecule has 1 heterocycles. The summed E-state index contributed by atoms with van der Waals surface area (Å²) in [7, 11) is 0.